The quantitative estimate of drug-likeness (QED) is 0.0222. The molecule has 0 aliphatic heterocycles. The average molecular weight is 1400 g/mol. The molecule has 3 N–H and O–H groups in total. The summed E-state index contributed by atoms with van der Waals surface area (Å²) in [6.45, 7) is 7.32. The molecule has 0 fully saturated rings. The normalized spacial score (nSPS) is 13.9. The maximum Gasteiger partial charge on any atom is 0.472 e. The van der Waals surface area contributed by atoms with E-state index < -0.39 is 97.5 Å². The Morgan fingerprint density at radius 1 is 0.284 bits per heavy atom. The molecule has 0 rings (SSSR count). The van der Waals surface area contributed by atoms with Crippen LogP contribution in [0.25, 0.3) is 0 Å². The highest BCUT2D eigenvalue weighted by Gasteiger charge is 2.30. The highest BCUT2D eigenvalue weighted by atomic mass is 31.2. The summed E-state index contributed by atoms with van der Waals surface area (Å²) in [4.78, 5) is 72.8. The third kappa shape index (κ3) is 70.3. The van der Waals surface area contributed by atoms with Gasteiger partial charge in [0.1, 0.15) is 19.3 Å². The summed E-state index contributed by atoms with van der Waals surface area (Å²) >= 11 is 0. The lowest BCUT2D eigenvalue weighted by Gasteiger charge is -2.21. The van der Waals surface area contributed by atoms with Gasteiger partial charge >= 0.3 is 39.5 Å². The molecule has 0 saturated heterocycles. The predicted molar refractivity (Wildman–Crippen MR) is 386 cm³/mol. The first-order chi connectivity index (χ1) is 46.0. The van der Waals surface area contributed by atoms with Crippen LogP contribution >= 0.6 is 15.6 Å². The summed E-state index contributed by atoms with van der Waals surface area (Å²) in [5.41, 5.74) is 0. The number of unbranched alkanes of at least 4 members (excludes halogenated alkanes) is 48. The minimum atomic E-state index is -4.96. The molecule has 0 amide bonds. The third-order valence-electron chi connectivity index (χ3n) is 17.8. The van der Waals surface area contributed by atoms with Gasteiger partial charge in [0, 0.05) is 25.7 Å². The molecule has 95 heavy (non-hydrogen) atoms. The molecule has 0 aromatic rings. The summed E-state index contributed by atoms with van der Waals surface area (Å²) in [5.74, 6) is -1.32. The number of aliphatic hydroxyl groups is 1. The molecule has 0 heterocycles. The van der Waals surface area contributed by atoms with E-state index in [1.807, 2.05) is 0 Å². The van der Waals surface area contributed by atoms with E-state index in [1.54, 1.807) is 0 Å². The van der Waals surface area contributed by atoms with Crippen molar-refractivity contribution in [1.82, 2.24) is 0 Å². The summed E-state index contributed by atoms with van der Waals surface area (Å²) in [7, 11) is -9.91. The summed E-state index contributed by atoms with van der Waals surface area (Å²) in [6.07, 6.45) is 58.0. The molecule has 0 bridgehead atoms. The lowest BCUT2D eigenvalue weighted by Crippen LogP contribution is -2.30. The van der Waals surface area contributed by atoms with Gasteiger partial charge in [-0.3, -0.25) is 37.3 Å². The smallest absolute Gasteiger partial charge is 0.462 e. The Labute approximate surface area is 581 Å². The van der Waals surface area contributed by atoms with Gasteiger partial charge in [-0.15, -0.1) is 0 Å². The Kier molecular flexibility index (Phi) is 67.7. The lowest BCUT2D eigenvalue weighted by atomic mass is 10.0. The van der Waals surface area contributed by atoms with Crippen molar-refractivity contribution in [3.8, 4) is 0 Å². The van der Waals surface area contributed by atoms with Crippen molar-refractivity contribution in [2.75, 3.05) is 39.6 Å². The van der Waals surface area contributed by atoms with Gasteiger partial charge in [0.15, 0.2) is 12.2 Å². The molecule has 0 saturated carbocycles. The molecule has 5 atom stereocenters. The SMILES string of the molecule is CCCCCCCCCCCCCCCCCC(=O)OC[C@H](COP(=O)(O)OC[C@@H](O)COP(=O)(O)OC[C@@H](COC(=O)CCCCCCCCCCCCC)OC(=O)CCCCCCCCCCCCCCC)OC(=O)CCCCCCCCCCCCCCCC(C)C. The molecular formula is C76H148O17P2. The van der Waals surface area contributed by atoms with Crippen LogP contribution in [0.3, 0.4) is 0 Å². The van der Waals surface area contributed by atoms with Gasteiger partial charge in [-0.2, -0.15) is 0 Å². The van der Waals surface area contributed by atoms with E-state index in [9.17, 15) is 43.2 Å². The Bertz CT molecular complexity index is 1820. The van der Waals surface area contributed by atoms with E-state index in [4.69, 9.17) is 37.0 Å². The fourth-order valence-corrected chi connectivity index (χ4v) is 13.3. The van der Waals surface area contributed by atoms with E-state index in [1.165, 1.54) is 225 Å². The molecule has 2 unspecified atom stereocenters. The number of rotatable bonds is 76. The molecule has 0 spiro atoms. The monoisotopic (exact) mass is 1400 g/mol. The second-order valence-corrected chi connectivity index (χ2v) is 30.8. The first-order valence-corrected chi connectivity index (χ1v) is 42.6. The zero-order chi connectivity index (χ0) is 69.8. The van der Waals surface area contributed by atoms with Crippen LogP contribution in [-0.4, -0.2) is 96.7 Å². The standard InChI is InChI=1S/C76H148O17P2/c1-6-9-12-15-18-21-24-26-27-31-35-40-45-50-55-60-74(79)87-66-72(93-76(81)62-57-52-47-42-37-32-28-30-34-38-43-48-53-58-69(4)5)68-91-95(84,85)89-64-70(77)63-88-94(82,83)90-67-71(65-86-73(78)59-54-49-44-39-33-23-20-17-14-11-8-3)92-75(80)61-56-51-46-41-36-29-25-22-19-16-13-10-7-2/h69-72,77H,6-68H2,1-5H3,(H,82,83)(H,84,85)/t70-,71+,72+/m0/s1. The molecule has 564 valence electrons. The molecule has 17 nitrogen and oxygen atoms in total. The molecule has 19 heteroatoms. The van der Waals surface area contributed by atoms with Gasteiger partial charge in [0.2, 0.25) is 0 Å². The minimum absolute atomic E-state index is 0.108. The van der Waals surface area contributed by atoms with E-state index in [-0.39, 0.29) is 25.7 Å². The highest BCUT2D eigenvalue weighted by Crippen LogP contribution is 2.45. The summed E-state index contributed by atoms with van der Waals surface area (Å²) in [6, 6.07) is 0. The first-order valence-electron chi connectivity index (χ1n) is 39.6. The highest BCUT2D eigenvalue weighted by molar-refractivity contribution is 7.47. The molecule has 0 aliphatic rings. The van der Waals surface area contributed by atoms with Crippen LogP contribution in [0.15, 0.2) is 0 Å². The Hall–Kier alpha value is -1.94. The van der Waals surface area contributed by atoms with Crippen molar-refractivity contribution in [2.24, 2.45) is 5.92 Å². The Morgan fingerprint density at radius 3 is 0.716 bits per heavy atom. The van der Waals surface area contributed by atoms with Crippen molar-refractivity contribution in [3.63, 3.8) is 0 Å². The maximum atomic E-state index is 13.1. The second-order valence-electron chi connectivity index (χ2n) is 27.9. The van der Waals surface area contributed by atoms with Gasteiger partial charge in [-0.1, -0.05) is 349 Å². The van der Waals surface area contributed by atoms with Crippen LogP contribution in [0.1, 0.15) is 401 Å². The van der Waals surface area contributed by atoms with Crippen LogP contribution < -0.4 is 0 Å². The number of carbonyl (C=O) groups is 4. The van der Waals surface area contributed by atoms with E-state index in [2.05, 4.69) is 34.6 Å². The number of ether oxygens (including phenoxy) is 4. The molecule has 0 aromatic carbocycles. The number of aliphatic hydroxyl groups excluding tert-OH is 1. The van der Waals surface area contributed by atoms with Crippen LogP contribution in [0.2, 0.25) is 0 Å². The first kappa shape index (κ1) is 93.1. The topological polar surface area (TPSA) is 237 Å². The van der Waals surface area contributed by atoms with Crippen LogP contribution in [-0.2, 0) is 65.4 Å². The zero-order valence-electron chi connectivity index (χ0n) is 61.8. The fraction of sp³-hybridized carbons (Fsp3) is 0.947. The lowest BCUT2D eigenvalue weighted by molar-refractivity contribution is -0.161. The Morgan fingerprint density at radius 2 is 0.484 bits per heavy atom. The number of phosphoric acid groups is 2. The number of hydrogen-bond donors (Lipinski definition) is 3. The Balaban J connectivity index is 5.25. The van der Waals surface area contributed by atoms with Crippen molar-refractivity contribution in [1.29, 1.82) is 0 Å². The second kappa shape index (κ2) is 69.2. The minimum Gasteiger partial charge on any atom is -0.462 e. The molecule has 0 radical (unpaired) electrons. The van der Waals surface area contributed by atoms with Crippen molar-refractivity contribution in [3.05, 3.63) is 0 Å². The molecular weight excluding hydrogens is 1250 g/mol. The van der Waals surface area contributed by atoms with Gasteiger partial charge < -0.3 is 33.8 Å². The number of esters is 4. The van der Waals surface area contributed by atoms with Crippen LogP contribution in [0, 0.1) is 5.92 Å². The third-order valence-corrected chi connectivity index (χ3v) is 19.7. The van der Waals surface area contributed by atoms with Gasteiger partial charge in [-0.25, -0.2) is 9.13 Å². The van der Waals surface area contributed by atoms with Gasteiger partial charge in [0.25, 0.3) is 0 Å². The van der Waals surface area contributed by atoms with E-state index in [0.29, 0.717) is 25.7 Å². The number of carbonyl (C=O) groups excluding carboxylic acids is 4. The van der Waals surface area contributed by atoms with E-state index >= 15 is 0 Å². The number of phosphoric ester groups is 2. The summed E-state index contributed by atoms with van der Waals surface area (Å²) < 4.78 is 68.6. The molecule has 0 aromatic heterocycles. The van der Waals surface area contributed by atoms with Gasteiger partial charge in [0.05, 0.1) is 26.4 Å². The predicted octanol–water partition coefficient (Wildman–Crippen LogP) is 22.5. The zero-order valence-corrected chi connectivity index (χ0v) is 63.6. The van der Waals surface area contributed by atoms with E-state index in [0.717, 1.165) is 95.8 Å². The number of hydrogen-bond acceptors (Lipinski definition) is 15. The van der Waals surface area contributed by atoms with Gasteiger partial charge in [-0.05, 0) is 31.6 Å². The van der Waals surface area contributed by atoms with Crippen molar-refractivity contribution in [2.45, 2.75) is 419 Å². The van der Waals surface area contributed by atoms with Crippen molar-refractivity contribution >= 4 is 39.5 Å². The van der Waals surface area contributed by atoms with Crippen LogP contribution in [0.5, 0.6) is 0 Å². The average Bonchev–Trinajstić information content (AvgIpc) is 2.04. The summed E-state index contributed by atoms with van der Waals surface area (Å²) in [5, 5.41) is 10.6. The largest absolute Gasteiger partial charge is 0.472 e. The molecule has 0 aliphatic carbocycles. The van der Waals surface area contributed by atoms with Crippen LogP contribution in [0.4, 0.5) is 0 Å². The van der Waals surface area contributed by atoms with Crippen molar-refractivity contribution < 1.29 is 80.2 Å². The fourth-order valence-electron chi connectivity index (χ4n) is 11.7. The maximum absolute atomic E-state index is 13.1.